The second-order valence-electron chi connectivity index (χ2n) is 5.48. The molecule has 0 bridgehead atoms. The number of pyridine rings is 1. The zero-order valence-corrected chi connectivity index (χ0v) is 13.6. The Morgan fingerprint density at radius 2 is 2.00 bits per heavy atom. The van der Waals surface area contributed by atoms with Crippen LogP contribution in [0, 0.1) is 12.7 Å². The topological polar surface area (TPSA) is 51.1 Å². The van der Waals surface area contributed by atoms with Crippen LogP contribution in [0.5, 0.6) is 0 Å². The number of hydrogen-bond acceptors (Lipinski definition) is 2. The van der Waals surface area contributed by atoms with Gasteiger partial charge in [-0.15, -0.1) is 0 Å². The Balaban J connectivity index is 1.90. The standard InChI is InChI=1S/C18H14ClFN2O2/c1-11-2-3-12(19)8-15(11)21-18(24)10-22-7-6-17(23)14-9-13(20)4-5-16(14)22/h2-9H,10H2,1H3,(H,21,24). The van der Waals surface area contributed by atoms with Gasteiger partial charge in [-0.3, -0.25) is 9.59 Å². The maximum Gasteiger partial charge on any atom is 0.244 e. The third-order valence-electron chi connectivity index (χ3n) is 3.73. The van der Waals surface area contributed by atoms with Crippen LogP contribution >= 0.6 is 11.6 Å². The van der Waals surface area contributed by atoms with Crippen LogP contribution in [0.2, 0.25) is 5.02 Å². The smallest absolute Gasteiger partial charge is 0.244 e. The summed E-state index contributed by atoms with van der Waals surface area (Å²) in [6, 6.07) is 10.5. The second kappa shape index (κ2) is 6.45. The van der Waals surface area contributed by atoms with Gasteiger partial charge in [-0.2, -0.15) is 0 Å². The Morgan fingerprint density at radius 1 is 1.21 bits per heavy atom. The first-order chi connectivity index (χ1) is 11.4. The molecule has 2 aromatic carbocycles. The van der Waals surface area contributed by atoms with Crippen LogP contribution in [-0.2, 0) is 11.3 Å². The third-order valence-corrected chi connectivity index (χ3v) is 3.96. The molecule has 0 fully saturated rings. The van der Waals surface area contributed by atoms with Crippen LogP contribution in [0.15, 0.2) is 53.5 Å². The largest absolute Gasteiger partial charge is 0.338 e. The summed E-state index contributed by atoms with van der Waals surface area (Å²) in [5.74, 6) is -0.758. The van der Waals surface area contributed by atoms with Crippen molar-refractivity contribution in [2.75, 3.05) is 5.32 Å². The van der Waals surface area contributed by atoms with Crippen LogP contribution in [0.3, 0.4) is 0 Å². The van der Waals surface area contributed by atoms with Gasteiger partial charge in [0.25, 0.3) is 0 Å². The molecule has 122 valence electrons. The summed E-state index contributed by atoms with van der Waals surface area (Å²) >= 11 is 5.94. The molecule has 1 N–H and O–H groups in total. The van der Waals surface area contributed by atoms with E-state index in [2.05, 4.69) is 5.32 Å². The molecule has 0 aliphatic carbocycles. The third kappa shape index (κ3) is 3.31. The quantitative estimate of drug-likeness (QED) is 0.787. The van der Waals surface area contributed by atoms with Gasteiger partial charge in [0.05, 0.1) is 5.52 Å². The zero-order valence-electron chi connectivity index (χ0n) is 12.8. The number of rotatable bonds is 3. The molecule has 3 rings (SSSR count). The Bertz CT molecular complexity index is 998. The molecule has 0 unspecified atom stereocenters. The summed E-state index contributed by atoms with van der Waals surface area (Å²) in [5.41, 5.74) is 1.73. The zero-order chi connectivity index (χ0) is 17.3. The van der Waals surface area contributed by atoms with Gasteiger partial charge in [0.1, 0.15) is 12.4 Å². The normalized spacial score (nSPS) is 10.8. The number of carbonyl (C=O) groups excluding carboxylic acids is 1. The van der Waals surface area contributed by atoms with Gasteiger partial charge in [0.2, 0.25) is 5.91 Å². The van der Waals surface area contributed by atoms with E-state index in [1.807, 2.05) is 13.0 Å². The molecule has 4 nitrogen and oxygen atoms in total. The number of anilines is 1. The van der Waals surface area contributed by atoms with E-state index in [0.29, 0.717) is 16.2 Å². The lowest BCUT2D eigenvalue weighted by atomic mass is 10.2. The minimum atomic E-state index is -0.489. The highest BCUT2D eigenvalue weighted by Crippen LogP contribution is 2.20. The molecule has 0 atom stereocenters. The van der Waals surface area contributed by atoms with Crippen molar-refractivity contribution >= 4 is 34.1 Å². The molecule has 1 aromatic heterocycles. The molecule has 3 aromatic rings. The van der Waals surface area contributed by atoms with E-state index in [1.165, 1.54) is 30.5 Å². The first-order valence-corrected chi connectivity index (χ1v) is 7.66. The molecule has 0 saturated carbocycles. The molecule has 0 spiro atoms. The number of halogens is 2. The van der Waals surface area contributed by atoms with Crippen LogP contribution in [0.1, 0.15) is 5.56 Å². The Kier molecular flexibility index (Phi) is 4.36. The minimum Gasteiger partial charge on any atom is -0.338 e. The summed E-state index contributed by atoms with van der Waals surface area (Å²) in [6.07, 6.45) is 1.52. The summed E-state index contributed by atoms with van der Waals surface area (Å²) in [4.78, 5) is 24.2. The van der Waals surface area contributed by atoms with E-state index in [9.17, 15) is 14.0 Å². The molecule has 24 heavy (non-hydrogen) atoms. The van der Waals surface area contributed by atoms with Crippen molar-refractivity contribution in [1.29, 1.82) is 0 Å². The number of aromatic nitrogens is 1. The van der Waals surface area contributed by atoms with Gasteiger partial charge in [-0.25, -0.2) is 4.39 Å². The van der Waals surface area contributed by atoms with Gasteiger partial charge >= 0.3 is 0 Å². The fraction of sp³-hybridized carbons (Fsp3) is 0.111. The lowest BCUT2D eigenvalue weighted by molar-refractivity contribution is -0.116. The molecule has 6 heteroatoms. The van der Waals surface area contributed by atoms with E-state index in [-0.39, 0.29) is 23.3 Å². The summed E-state index contributed by atoms with van der Waals surface area (Å²) in [6.45, 7) is 1.86. The SMILES string of the molecule is Cc1ccc(Cl)cc1NC(=O)Cn1ccc(=O)c2cc(F)ccc21. The average Bonchev–Trinajstić information content (AvgIpc) is 2.54. The van der Waals surface area contributed by atoms with Crippen LogP contribution in [-0.4, -0.2) is 10.5 Å². The number of benzene rings is 2. The first-order valence-electron chi connectivity index (χ1n) is 7.29. The summed E-state index contributed by atoms with van der Waals surface area (Å²) < 4.78 is 14.9. The Hall–Kier alpha value is -2.66. The van der Waals surface area contributed by atoms with Gasteiger partial charge in [-0.1, -0.05) is 17.7 Å². The molecular weight excluding hydrogens is 331 g/mol. The highest BCUT2D eigenvalue weighted by Gasteiger charge is 2.09. The van der Waals surface area contributed by atoms with E-state index in [0.717, 1.165) is 5.56 Å². The maximum atomic E-state index is 13.3. The van der Waals surface area contributed by atoms with Crippen molar-refractivity contribution in [3.05, 3.63) is 75.3 Å². The summed E-state index contributed by atoms with van der Waals surface area (Å²) in [5, 5.41) is 3.56. The van der Waals surface area contributed by atoms with E-state index in [4.69, 9.17) is 11.6 Å². The molecule has 0 aliphatic heterocycles. The molecule has 0 radical (unpaired) electrons. The number of carbonyl (C=O) groups is 1. The average molecular weight is 345 g/mol. The van der Waals surface area contributed by atoms with Gasteiger partial charge in [0.15, 0.2) is 5.43 Å². The maximum absolute atomic E-state index is 13.3. The lowest BCUT2D eigenvalue weighted by Crippen LogP contribution is -2.20. The van der Waals surface area contributed by atoms with Crippen LogP contribution in [0.25, 0.3) is 10.9 Å². The molecule has 0 saturated heterocycles. The molecule has 1 amide bonds. The Labute approximate surface area is 142 Å². The van der Waals surface area contributed by atoms with Gasteiger partial charge in [-0.05, 0) is 42.8 Å². The van der Waals surface area contributed by atoms with Crippen molar-refractivity contribution in [3.63, 3.8) is 0 Å². The van der Waals surface area contributed by atoms with Crippen LogP contribution < -0.4 is 10.7 Å². The number of nitrogens with one attached hydrogen (secondary N) is 1. The fourth-order valence-corrected chi connectivity index (χ4v) is 2.67. The first kappa shape index (κ1) is 16.2. The summed E-state index contributed by atoms with van der Waals surface area (Å²) in [7, 11) is 0. The molecule has 1 heterocycles. The van der Waals surface area contributed by atoms with Crippen LogP contribution in [0.4, 0.5) is 10.1 Å². The molecular formula is C18H14ClFN2O2. The highest BCUT2D eigenvalue weighted by atomic mass is 35.5. The van der Waals surface area contributed by atoms with Crippen molar-refractivity contribution < 1.29 is 9.18 Å². The second-order valence-corrected chi connectivity index (χ2v) is 5.91. The number of amides is 1. The van der Waals surface area contributed by atoms with Crippen molar-refractivity contribution in [2.24, 2.45) is 0 Å². The minimum absolute atomic E-state index is 0.00559. The van der Waals surface area contributed by atoms with Crippen molar-refractivity contribution in [3.8, 4) is 0 Å². The van der Waals surface area contributed by atoms with E-state index >= 15 is 0 Å². The lowest BCUT2D eigenvalue weighted by Gasteiger charge is -2.12. The number of nitrogens with zero attached hydrogens (tertiary/aromatic N) is 1. The number of hydrogen-bond donors (Lipinski definition) is 1. The van der Waals surface area contributed by atoms with Gasteiger partial charge < -0.3 is 9.88 Å². The Morgan fingerprint density at radius 3 is 2.79 bits per heavy atom. The fourth-order valence-electron chi connectivity index (χ4n) is 2.50. The highest BCUT2D eigenvalue weighted by molar-refractivity contribution is 6.31. The molecule has 0 aliphatic rings. The number of aryl methyl sites for hydroxylation is 1. The van der Waals surface area contributed by atoms with Crippen molar-refractivity contribution in [2.45, 2.75) is 13.5 Å². The predicted molar refractivity (Wildman–Crippen MR) is 93.0 cm³/mol. The van der Waals surface area contributed by atoms with E-state index < -0.39 is 5.82 Å². The van der Waals surface area contributed by atoms with E-state index in [1.54, 1.807) is 16.7 Å². The van der Waals surface area contributed by atoms with Crippen molar-refractivity contribution in [1.82, 2.24) is 4.57 Å². The monoisotopic (exact) mass is 344 g/mol. The predicted octanol–water partition coefficient (Wildman–Crippen LogP) is 3.74. The number of fused-ring (bicyclic) bond motifs is 1. The van der Waals surface area contributed by atoms with Gasteiger partial charge in [0, 0.05) is 28.4 Å².